The molecule has 1 fully saturated rings. The predicted molar refractivity (Wildman–Crippen MR) is 80.1 cm³/mol. The molecule has 0 bridgehead atoms. The van der Waals surface area contributed by atoms with Crippen molar-refractivity contribution < 1.29 is 4.79 Å². The van der Waals surface area contributed by atoms with E-state index in [9.17, 15) is 4.79 Å². The molecule has 4 heteroatoms. The van der Waals surface area contributed by atoms with Gasteiger partial charge in [0.15, 0.2) is 0 Å². The van der Waals surface area contributed by atoms with Gasteiger partial charge in [-0.1, -0.05) is 26.2 Å². The van der Waals surface area contributed by atoms with Crippen molar-refractivity contribution in [1.82, 2.24) is 10.6 Å². The van der Waals surface area contributed by atoms with Crippen LogP contribution in [0.25, 0.3) is 0 Å². The van der Waals surface area contributed by atoms with Crippen LogP contribution in [0.3, 0.4) is 0 Å². The van der Waals surface area contributed by atoms with Crippen LogP contribution in [0.2, 0.25) is 0 Å². The van der Waals surface area contributed by atoms with E-state index in [1.54, 1.807) is 0 Å². The van der Waals surface area contributed by atoms with Gasteiger partial charge in [0.25, 0.3) is 0 Å². The second kappa shape index (κ2) is 9.68. The molecular formula is C14H28N2OS. The van der Waals surface area contributed by atoms with E-state index >= 15 is 0 Å². The molecule has 0 aromatic heterocycles. The second-order valence-corrected chi connectivity index (χ2v) is 6.52. The third-order valence-corrected chi connectivity index (χ3v) is 4.80. The van der Waals surface area contributed by atoms with E-state index in [2.05, 4.69) is 17.6 Å². The molecule has 1 aliphatic rings. The van der Waals surface area contributed by atoms with E-state index in [4.69, 9.17) is 0 Å². The number of unbranched alkanes of at least 4 members (excludes halogenated alkanes) is 2. The Morgan fingerprint density at radius 1 is 1.39 bits per heavy atom. The minimum Gasteiger partial charge on any atom is -0.355 e. The highest BCUT2D eigenvalue weighted by Crippen LogP contribution is 2.24. The number of hydrogen-bond donors (Lipinski definition) is 2. The maximum atomic E-state index is 11.8. The zero-order valence-corrected chi connectivity index (χ0v) is 12.7. The Morgan fingerprint density at radius 3 is 2.89 bits per heavy atom. The molecule has 0 aliphatic carbocycles. The van der Waals surface area contributed by atoms with Crippen molar-refractivity contribution in [2.45, 2.75) is 63.7 Å². The topological polar surface area (TPSA) is 41.1 Å². The Bertz CT molecular complexity index is 230. The van der Waals surface area contributed by atoms with Gasteiger partial charge in [0.2, 0.25) is 5.91 Å². The zero-order chi connectivity index (χ0) is 13.2. The molecule has 1 saturated heterocycles. The zero-order valence-electron chi connectivity index (χ0n) is 11.8. The minimum atomic E-state index is -0.0610. The molecule has 3 nitrogen and oxygen atoms in total. The smallest absolute Gasteiger partial charge is 0.236 e. The number of rotatable bonds is 8. The summed E-state index contributed by atoms with van der Waals surface area (Å²) in [5, 5.41) is 7.06. The Balaban J connectivity index is 2.07. The van der Waals surface area contributed by atoms with Crippen LogP contribution in [0.1, 0.15) is 52.4 Å². The molecule has 0 saturated carbocycles. The summed E-state index contributed by atoms with van der Waals surface area (Å²) >= 11 is 2.05. The summed E-state index contributed by atoms with van der Waals surface area (Å²) < 4.78 is 0. The summed E-state index contributed by atoms with van der Waals surface area (Å²) in [4.78, 5) is 11.8. The van der Waals surface area contributed by atoms with E-state index in [-0.39, 0.29) is 11.9 Å². The fourth-order valence-electron chi connectivity index (χ4n) is 2.11. The Hall–Kier alpha value is -0.220. The van der Waals surface area contributed by atoms with E-state index in [1.165, 1.54) is 37.9 Å². The van der Waals surface area contributed by atoms with E-state index in [0.29, 0.717) is 5.25 Å². The Morgan fingerprint density at radius 2 is 2.22 bits per heavy atom. The second-order valence-electron chi connectivity index (χ2n) is 5.12. The predicted octanol–water partition coefficient (Wildman–Crippen LogP) is 2.56. The maximum Gasteiger partial charge on any atom is 0.236 e. The van der Waals surface area contributed by atoms with Gasteiger partial charge in [-0.2, -0.15) is 11.8 Å². The first-order chi connectivity index (χ1) is 8.74. The number of hydrogen-bond acceptors (Lipinski definition) is 3. The molecule has 2 N–H and O–H groups in total. The molecule has 2 unspecified atom stereocenters. The van der Waals surface area contributed by atoms with Gasteiger partial charge >= 0.3 is 0 Å². The molecule has 1 rings (SSSR count). The number of carbonyl (C=O) groups is 1. The van der Waals surface area contributed by atoms with Crippen LogP contribution >= 0.6 is 11.8 Å². The van der Waals surface area contributed by atoms with Crippen LogP contribution in [0.5, 0.6) is 0 Å². The van der Waals surface area contributed by atoms with Gasteiger partial charge in [0.05, 0.1) is 6.04 Å². The van der Waals surface area contributed by atoms with E-state index in [1.807, 2.05) is 18.7 Å². The standard InChI is InChI=1S/C14H28N2OS/c1-3-4-6-9-15-14(17)12(2)16-11-13-8-5-7-10-18-13/h12-13,16H,3-11H2,1-2H3,(H,15,17). The van der Waals surface area contributed by atoms with Gasteiger partial charge in [-0.25, -0.2) is 0 Å². The highest BCUT2D eigenvalue weighted by Gasteiger charge is 2.17. The summed E-state index contributed by atoms with van der Waals surface area (Å²) in [5.74, 6) is 1.43. The van der Waals surface area contributed by atoms with Crippen LogP contribution in [-0.4, -0.2) is 36.0 Å². The van der Waals surface area contributed by atoms with Crippen LogP contribution in [0.4, 0.5) is 0 Å². The van der Waals surface area contributed by atoms with Crippen LogP contribution in [0.15, 0.2) is 0 Å². The van der Waals surface area contributed by atoms with Gasteiger partial charge in [0, 0.05) is 18.3 Å². The van der Waals surface area contributed by atoms with Crippen molar-refractivity contribution in [1.29, 1.82) is 0 Å². The highest BCUT2D eigenvalue weighted by molar-refractivity contribution is 7.99. The highest BCUT2D eigenvalue weighted by atomic mass is 32.2. The summed E-state index contributed by atoms with van der Waals surface area (Å²) in [7, 11) is 0. The normalized spacial score (nSPS) is 21.6. The fraction of sp³-hybridized carbons (Fsp3) is 0.929. The first-order valence-corrected chi connectivity index (χ1v) is 8.41. The van der Waals surface area contributed by atoms with Crippen LogP contribution in [0, 0.1) is 0 Å². The molecule has 1 heterocycles. The molecule has 1 amide bonds. The minimum absolute atomic E-state index is 0.0610. The maximum absolute atomic E-state index is 11.8. The van der Waals surface area contributed by atoms with Crippen molar-refractivity contribution in [3.8, 4) is 0 Å². The van der Waals surface area contributed by atoms with Crippen molar-refractivity contribution >= 4 is 17.7 Å². The van der Waals surface area contributed by atoms with Gasteiger partial charge in [0.1, 0.15) is 0 Å². The Labute approximate surface area is 116 Å². The molecule has 0 spiro atoms. The van der Waals surface area contributed by atoms with Crippen molar-refractivity contribution in [3.05, 3.63) is 0 Å². The fourth-order valence-corrected chi connectivity index (χ4v) is 3.36. The third-order valence-electron chi connectivity index (χ3n) is 3.40. The summed E-state index contributed by atoms with van der Waals surface area (Å²) in [6, 6.07) is -0.0610. The summed E-state index contributed by atoms with van der Waals surface area (Å²) in [6.07, 6.45) is 7.48. The monoisotopic (exact) mass is 272 g/mol. The number of amides is 1. The van der Waals surface area contributed by atoms with Crippen molar-refractivity contribution in [2.24, 2.45) is 0 Å². The van der Waals surface area contributed by atoms with E-state index in [0.717, 1.165) is 19.5 Å². The SMILES string of the molecule is CCCCCNC(=O)C(C)NCC1CCCCS1. The quantitative estimate of drug-likeness (QED) is 0.667. The van der Waals surface area contributed by atoms with Crippen LogP contribution in [-0.2, 0) is 4.79 Å². The molecule has 0 aromatic rings. The molecular weight excluding hydrogens is 244 g/mol. The molecule has 1 aliphatic heterocycles. The lowest BCUT2D eigenvalue weighted by atomic mass is 10.2. The lowest BCUT2D eigenvalue weighted by Crippen LogP contribution is -2.44. The number of thioether (sulfide) groups is 1. The molecule has 106 valence electrons. The molecule has 0 aromatic carbocycles. The number of carbonyl (C=O) groups excluding carboxylic acids is 1. The first kappa shape index (κ1) is 15.8. The lowest BCUT2D eigenvalue weighted by molar-refractivity contribution is -0.122. The summed E-state index contributed by atoms with van der Waals surface area (Å²) in [6.45, 7) is 5.92. The average Bonchev–Trinajstić information content (AvgIpc) is 2.42. The van der Waals surface area contributed by atoms with Gasteiger partial charge < -0.3 is 10.6 Å². The first-order valence-electron chi connectivity index (χ1n) is 7.36. The molecule has 2 atom stereocenters. The van der Waals surface area contributed by atoms with Gasteiger partial charge in [-0.05, 0) is 31.9 Å². The largest absolute Gasteiger partial charge is 0.355 e. The summed E-state index contributed by atoms with van der Waals surface area (Å²) in [5.41, 5.74) is 0. The van der Waals surface area contributed by atoms with Crippen molar-refractivity contribution in [2.75, 3.05) is 18.8 Å². The lowest BCUT2D eigenvalue weighted by Gasteiger charge is -2.23. The average molecular weight is 272 g/mol. The number of nitrogens with one attached hydrogen (secondary N) is 2. The van der Waals surface area contributed by atoms with Crippen LogP contribution < -0.4 is 10.6 Å². The molecule has 0 radical (unpaired) electrons. The van der Waals surface area contributed by atoms with Crippen molar-refractivity contribution in [3.63, 3.8) is 0 Å². The Kier molecular flexibility index (Phi) is 8.51. The van der Waals surface area contributed by atoms with Gasteiger partial charge in [-0.3, -0.25) is 4.79 Å². The van der Waals surface area contributed by atoms with Gasteiger partial charge in [-0.15, -0.1) is 0 Å². The third kappa shape index (κ3) is 6.64. The molecule has 18 heavy (non-hydrogen) atoms. The van der Waals surface area contributed by atoms with E-state index < -0.39 is 0 Å².